The molecule has 4 saturated carbocycles. The number of carbonyl (C=O) groups is 1. The van der Waals surface area contributed by atoms with Crippen molar-refractivity contribution in [1.29, 1.82) is 5.26 Å². The second-order valence-corrected chi connectivity index (χ2v) is 9.70. The highest BCUT2D eigenvalue weighted by molar-refractivity contribution is 7.18. The van der Waals surface area contributed by atoms with E-state index >= 15 is 0 Å². The Bertz CT molecular complexity index is 809. The molecule has 0 saturated heterocycles. The molecule has 0 aliphatic heterocycles. The molecule has 6 rings (SSSR count). The first-order valence-electron chi connectivity index (χ1n) is 9.42. The molecule has 1 heterocycles. The molecule has 1 aromatic heterocycles. The van der Waals surface area contributed by atoms with Crippen LogP contribution in [-0.4, -0.2) is 10.8 Å². The van der Waals surface area contributed by atoms with Crippen LogP contribution in [0.5, 0.6) is 0 Å². The molecular weight excluding hydrogens is 328 g/mol. The van der Waals surface area contributed by atoms with Crippen molar-refractivity contribution in [2.75, 3.05) is 0 Å². The number of Topliss-reactive ketones (excluding diaryl/α,β-unsaturated/α-hetero) is 1. The molecule has 1 aromatic carbocycles. The van der Waals surface area contributed by atoms with Gasteiger partial charge < -0.3 is 0 Å². The van der Waals surface area contributed by atoms with Crippen LogP contribution >= 0.6 is 11.3 Å². The van der Waals surface area contributed by atoms with Crippen molar-refractivity contribution in [3.8, 4) is 6.07 Å². The molecule has 128 valence electrons. The van der Waals surface area contributed by atoms with Crippen molar-refractivity contribution in [3.05, 3.63) is 29.3 Å². The van der Waals surface area contributed by atoms with Gasteiger partial charge in [-0.25, -0.2) is 4.98 Å². The molecule has 25 heavy (non-hydrogen) atoms. The lowest BCUT2D eigenvalue weighted by atomic mass is 9.48. The third kappa shape index (κ3) is 2.60. The van der Waals surface area contributed by atoms with Gasteiger partial charge in [-0.3, -0.25) is 4.79 Å². The average molecular weight is 350 g/mol. The van der Waals surface area contributed by atoms with E-state index in [4.69, 9.17) is 0 Å². The summed E-state index contributed by atoms with van der Waals surface area (Å²) in [5.74, 6) is 1.92. The minimum Gasteiger partial charge on any atom is -0.298 e. The number of thiazole rings is 1. The average Bonchev–Trinajstić information content (AvgIpc) is 2.97. The highest BCUT2D eigenvalue weighted by atomic mass is 32.1. The van der Waals surface area contributed by atoms with Gasteiger partial charge in [0.1, 0.15) is 5.01 Å². The van der Waals surface area contributed by atoms with E-state index in [-0.39, 0.29) is 11.2 Å². The number of carbonyl (C=O) groups excluding carboxylic acids is 1. The first-order valence-corrected chi connectivity index (χ1v) is 10.2. The number of rotatable bonds is 4. The summed E-state index contributed by atoms with van der Waals surface area (Å²) in [6, 6.07) is 10.1. The van der Waals surface area contributed by atoms with Gasteiger partial charge in [-0.2, -0.15) is 5.26 Å². The molecule has 4 bridgehead atoms. The maximum atomic E-state index is 13.1. The van der Waals surface area contributed by atoms with Gasteiger partial charge in [-0.1, -0.05) is 12.1 Å². The van der Waals surface area contributed by atoms with Crippen LogP contribution in [0.25, 0.3) is 10.2 Å². The van der Waals surface area contributed by atoms with Crippen LogP contribution < -0.4 is 0 Å². The van der Waals surface area contributed by atoms with Crippen molar-refractivity contribution in [1.82, 2.24) is 4.98 Å². The number of nitriles is 1. The molecule has 4 aliphatic rings. The van der Waals surface area contributed by atoms with Crippen LogP contribution in [0.1, 0.15) is 55.9 Å². The van der Waals surface area contributed by atoms with Crippen LogP contribution in [0, 0.1) is 34.5 Å². The fourth-order valence-corrected chi connectivity index (χ4v) is 7.29. The van der Waals surface area contributed by atoms with E-state index in [1.165, 1.54) is 49.9 Å². The SMILES string of the molecule is N#C[C@H](C(=O)CC12CC3CC(CC(C3)C1)C2)c1nc2ccccc2s1. The first kappa shape index (κ1) is 15.5. The molecule has 2 aromatic rings. The van der Waals surface area contributed by atoms with Crippen LogP contribution in [0.3, 0.4) is 0 Å². The summed E-state index contributed by atoms with van der Waals surface area (Å²) in [7, 11) is 0. The predicted molar refractivity (Wildman–Crippen MR) is 98.2 cm³/mol. The van der Waals surface area contributed by atoms with E-state index < -0.39 is 5.92 Å². The largest absolute Gasteiger partial charge is 0.298 e. The zero-order chi connectivity index (χ0) is 17.0. The highest BCUT2D eigenvalue weighted by Crippen LogP contribution is 2.61. The van der Waals surface area contributed by atoms with Gasteiger partial charge in [-0.15, -0.1) is 11.3 Å². The van der Waals surface area contributed by atoms with Gasteiger partial charge >= 0.3 is 0 Å². The molecule has 4 fully saturated rings. The lowest BCUT2D eigenvalue weighted by Crippen LogP contribution is -2.47. The minimum absolute atomic E-state index is 0.100. The van der Waals surface area contributed by atoms with E-state index in [1.807, 2.05) is 24.3 Å². The third-order valence-corrected chi connectivity index (χ3v) is 7.82. The minimum atomic E-state index is -0.689. The monoisotopic (exact) mass is 350 g/mol. The Morgan fingerprint density at radius 2 is 1.84 bits per heavy atom. The van der Waals surface area contributed by atoms with Gasteiger partial charge in [0.05, 0.1) is 16.3 Å². The Morgan fingerprint density at radius 1 is 1.20 bits per heavy atom. The van der Waals surface area contributed by atoms with Crippen molar-refractivity contribution >= 4 is 27.3 Å². The first-order chi connectivity index (χ1) is 12.1. The lowest BCUT2D eigenvalue weighted by Gasteiger charge is -2.56. The predicted octanol–water partition coefficient (Wildman–Crippen LogP) is 5.08. The summed E-state index contributed by atoms with van der Waals surface area (Å²) in [5.41, 5.74) is 1.09. The Kier molecular flexibility index (Phi) is 3.50. The quantitative estimate of drug-likeness (QED) is 0.773. The van der Waals surface area contributed by atoms with E-state index in [1.54, 1.807) is 0 Å². The van der Waals surface area contributed by atoms with Gasteiger partial charge in [0, 0.05) is 6.42 Å². The summed E-state index contributed by atoms with van der Waals surface area (Å²) >= 11 is 1.50. The Labute approximate surface area is 152 Å². The molecular formula is C21H22N2OS. The number of hydrogen-bond donors (Lipinski definition) is 0. The molecule has 0 radical (unpaired) electrons. The second-order valence-electron chi connectivity index (χ2n) is 8.64. The highest BCUT2D eigenvalue weighted by Gasteiger charge is 2.51. The lowest BCUT2D eigenvalue weighted by molar-refractivity contribution is -0.127. The normalized spacial score (nSPS) is 34.1. The fourth-order valence-electron chi connectivity index (χ4n) is 6.26. The van der Waals surface area contributed by atoms with Crippen LogP contribution in [-0.2, 0) is 4.79 Å². The van der Waals surface area contributed by atoms with Gasteiger partial charge in [0.25, 0.3) is 0 Å². The van der Waals surface area contributed by atoms with Crippen molar-refractivity contribution in [2.45, 2.75) is 50.9 Å². The molecule has 3 nitrogen and oxygen atoms in total. The zero-order valence-corrected chi connectivity index (χ0v) is 15.1. The Balaban J connectivity index is 1.40. The summed E-state index contributed by atoms with van der Waals surface area (Å²) in [6.45, 7) is 0. The molecule has 4 heteroatoms. The summed E-state index contributed by atoms with van der Waals surface area (Å²) in [6.07, 6.45) is 8.37. The third-order valence-electron chi connectivity index (χ3n) is 6.72. The molecule has 0 spiro atoms. The van der Waals surface area contributed by atoms with Crippen LogP contribution in [0.15, 0.2) is 24.3 Å². The number of benzene rings is 1. The van der Waals surface area contributed by atoms with Crippen molar-refractivity contribution < 1.29 is 4.79 Å². The molecule has 0 amide bonds. The van der Waals surface area contributed by atoms with Gasteiger partial charge in [0.2, 0.25) is 0 Å². The Hall–Kier alpha value is -1.73. The van der Waals surface area contributed by atoms with Gasteiger partial charge in [0.15, 0.2) is 11.7 Å². The van der Waals surface area contributed by atoms with Crippen LogP contribution in [0.4, 0.5) is 0 Å². The smallest absolute Gasteiger partial charge is 0.157 e. The molecule has 1 atom stereocenters. The Morgan fingerprint density at radius 3 is 2.44 bits per heavy atom. The second kappa shape index (κ2) is 5.64. The number of nitrogens with zero attached hydrogens (tertiary/aromatic N) is 2. The fraction of sp³-hybridized carbons (Fsp3) is 0.571. The number of fused-ring (bicyclic) bond motifs is 1. The topological polar surface area (TPSA) is 53.8 Å². The standard InChI is InChI=1S/C21H22N2OS/c22-12-16(20-23-17-3-1-2-4-19(17)25-20)18(24)11-21-8-13-5-14(9-21)7-15(6-13)10-21/h1-4,13-16H,5-11H2/t13?,14?,15?,16-,21?/m1/s1. The van der Waals surface area contributed by atoms with E-state index in [0.717, 1.165) is 28.0 Å². The van der Waals surface area contributed by atoms with E-state index in [0.29, 0.717) is 11.4 Å². The molecule has 0 unspecified atom stereocenters. The van der Waals surface area contributed by atoms with Crippen LogP contribution in [0.2, 0.25) is 0 Å². The maximum absolute atomic E-state index is 13.1. The number of aromatic nitrogens is 1. The summed E-state index contributed by atoms with van der Waals surface area (Å²) < 4.78 is 1.06. The van der Waals surface area contributed by atoms with E-state index in [9.17, 15) is 10.1 Å². The molecule has 0 N–H and O–H groups in total. The summed E-state index contributed by atoms with van der Waals surface area (Å²) in [5, 5.41) is 10.4. The molecule has 4 aliphatic carbocycles. The number of hydrogen-bond acceptors (Lipinski definition) is 4. The number of para-hydroxylation sites is 1. The van der Waals surface area contributed by atoms with E-state index in [2.05, 4.69) is 11.1 Å². The van der Waals surface area contributed by atoms with Crippen molar-refractivity contribution in [2.24, 2.45) is 23.2 Å². The zero-order valence-electron chi connectivity index (χ0n) is 14.3. The maximum Gasteiger partial charge on any atom is 0.157 e. The van der Waals surface area contributed by atoms with Gasteiger partial charge in [-0.05, 0) is 73.8 Å². The summed E-state index contributed by atoms with van der Waals surface area (Å²) in [4.78, 5) is 17.7. The van der Waals surface area contributed by atoms with Crippen molar-refractivity contribution in [3.63, 3.8) is 0 Å². The number of ketones is 1.